The Morgan fingerprint density at radius 1 is 1.21 bits per heavy atom. The number of nitrogens with zero attached hydrogens (tertiary/aromatic N) is 1. The summed E-state index contributed by atoms with van der Waals surface area (Å²) in [4.78, 5) is 4.33. The lowest BCUT2D eigenvalue weighted by molar-refractivity contribution is 0.414. The molecule has 0 bridgehead atoms. The van der Waals surface area contributed by atoms with Gasteiger partial charge in [0.25, 0.3) is 0 Å². The van der Waals surface area contributed by atoms with Crippen LogP contribution in [0.15, 0.2) is 48.7 Å². The largest absolute Gasteiger partial charge is 0.497 e. The van der Waals surface area contributed by atoms with Gasteiger partial charge in [-0.05, 0) is 42.7 Å². The van der Waals surface area contributed by atoms with Crippen LogP contribution < -0.4 is 16.0 Å². The number of benzene rings is 1. The number of hydrogen-bond donors (Lipinski definition) is 2. The van der Waals surface area contributed by atoms with E-state index in [4.69, 9.17) is 10.6 Å². The molecule has 1 aromatic carbocycles. The van der Waals surface area contributed by atoms with Crippen LogP contribution in [0, 0.1) is 0 Å². The standard InChI is InChI=1S/C15H19N3O/c1-19-13-8-5-12(6-9-13)7-10-15(18-16)14-4-2-3-11-17-14/h2-6,8-9,11,15,18H,7,10,16H2,1H3. The van der Waals surface area contributed by atoms with E-state index >= 15 is 0 Å². The molecule has 0 amide bonds. The molecule has 2 aromatic rings. The molecule has 1 heterocycles. The molecule has 0 aliphatic rings. The highest BCUT2D eigenvalue weighted by atomic mass is 16.5. The number of hydrogen-bond acceptors (Lipinski definition) is 4. The highest BCUT2D eigenvalue weighted by Crippen LogP contribution is 2.18. The summed E-state index contributed by atoms with van der Waals surface area (Å²) < 4.78 is 5.14. The minimum Gasteiger partial charge on any atom is -0.497 e. The zero-order chi connectivity index (χ0) is 13.5. The van der Waals surface area contributed by atoms with Gasteiger partial charge in [-0.2, -0.15) is 0 Å². The Labute approximate surface area is 113 Å². The monoisotopic (exact) mass is 257 g/mol. The van der Waals surface area contributed by atoms with Gasteiger partial charge >= 0.3 is 0 Å². The van der Waals surface area contributed by atoms with E-state index in [1.54, 1.807) is 13.3 Å². The highest BCUT2D eigenvalue weighted by Gasteiger charge is 2.10. The van der Waals surface area contributed by atoms with E-state index in [2.05, 4.69) is 22.5 Å². The summed E-state index contributed by atoms with van der Waals surface area (Å²) in [6.45, 7) is 0. The van der Waals surface area contributed by atoms with E-state index in [0.29, 0.717) is 0 Å². The molecular formula is C15H19N3O. The average Bonchev–Trinajstić information content (AvgIpc) is 2.49. The predicted octanol–water partition coefficient (Wildman–Crippen LogP) is 2.23. The zero-order valence-corrected chi connectivity index (χ0v) is 11.0. The third-order valence-corrected chi connectivity index (χ3v) is 3.13. The molecule has 0 fully saturated rings. The van der Waals surface area contributed by atoms with Gasteiger partial charge in [0.15, 0.2) is 0 Å². The van der Waals surface area contributed by atoms with Crippen molar-refractivity contribution in [2.45, 2.75) is 18.9 Å². The SMILES string of the molecule is COc1ccc(CCC(NN)c2ccccn2)cc1. The number of nitrogens with one attached hydrogen (secondary N) is 1. The Kier molecular flexibility index (Phi) is 4.89. The first kappa shape index (κ1) is 13.5. The molecule has 3 N–H and O–H groups in total. The van der Waals surface area contributed by atoms with E-state index in [-0.39, 0.29) is 6.04 Å². The van der Waals surface area contributed by atoms with Crippen molar-refractivity contribution in [3.05, 3.63) is 59.9 Å². The molecule has 1 unspecified atom stereocenters. The van der Waals surface area contributed by atoms with E-state index in [0.717, 1.165) is 24.3 Å². The Hall–Kier alpha value is -1.91. The molecule has 1 atom stereocenters. The van der Waals surface area contributed by atoms with Crippen molar-refractivity contribution in [2.24, 2.45) is 5.84 Å². The fraction of sp³-hybridized carbons (Fsp3) is 0.267. The lowest BCUT2D eigenvalue weighted by Crippen LogP contribution is -2.29. The molecule has 100 valence electrons. The summed E-state index contributed by atoms with van der Waals surface area (Å²) in [5, 5.41) is 0. The maximum absolute atomic E-state index is 5.60. The molecule has 4 nitrogen and oxygen atoms in total. The minimum atomic E-state index is 0.0725. The molecule has 0 saturated heterocycles. The van der Waals surface area contributed by atoms with Gasteiger partial charge in [0, 0.05) is 6.20 Å². The van der Waals surface area contributed by atoms with Gasteiger partial charge < -0.3 is 4.74 Å². The third-order valence-electron chi connectivity index (χ3n) is 3.13. The summed E-state index contributed by atoms with van der Waals surface area (Å²) in [6.07, 6.45) is 3.63. The number of aromatic nitrogens is 1. The Balaban J connectivity index is 1.96. The smallest absolute Gasteiger partial charge is 0.118 e. The number of rotatable bonds is 6. The number of aryl methyl sites for hydroxylation is 1. The summed E-state index contributed by atoms with van der Waals surface area (Å²) in [6, 6.07) is 14.0. The molecular weight excluding hydrogens is 238 g/mol. The molecule has 2 rings (SSSR count). The van der Waals surface area contributed by atoms with Crippen LogP contribution in [0.25, 0.3) is 0 Å². The van der Waals surface area contributed by atoms with E-state index < -0.39 is 0 Å². The van der Waals surface area contributed by atoms with Crippen LogP contribution >= 0.6 is 0 Å². The Morgan fingerprint density at radius 3 is 2.58 bits per heavy atom. The quantitative estimate of drug-likeness (QED) is 0.615. The topological polar surface area (TPSA) is 60.2 Å². The summed E-state index contributed by atoms with van der Waals surface area (Å²) >= 11 is 0. The maximum atomic E-state index is 5.60. The van der Waals surface area contributed by atoms with Gasteiger partial charge in [0.1, 0.15) is 5.75 Å². The van der Waals surface area contributed by atoms with Crippen LogP contribution in [0.5, 0.6) is 5.75 Å². The second kappa shape index (κ2) is 6.87. The van der Waals surface area contributed by atoms with Gasteiger partial charge in [-0.25, -0.2) is 0 Å². The first-order valence-corrected chi connectivity index (χ1v) is 6.33. The van der Waals surface area contributed by atoms with Crippen LogP contribution in [-0.2, 0) is 6.42 Å². The Morgan fingerprint density at radius 2 is 2.00 bits per heavy atom. The first-order valence-electron chi connectivity index (χ1n) is 6.33. The second-order valence-electron chi connectivity index (χ2n) is 4.36. The number of nitrogens with two attached hydrogens (primary N) is 1. The van der Waals surface area contributed by atoms with E-state index in [1.165, 1.54) is 5.56 Å². The van der Waals surface area contributed by atoms with Crippen LogP contribution in [0.4, 0.5) is 0 Å². The van der Waals surface area contributed by atoms with Gasteiger partial charge in [0.2, 0.25) is 0 Å². The summed E-state index contributed by atoms with van der Waals surface area (Å²) in [7, 11) is 1.67. The van der Waals surface area contributed by atoms with Gasteiger partial charge in [-0.15, -0.1) is 0 Å². The van der Waals surface area contributed by atoms with Gasteiger partial charge in [-0.3, -0.25) is 16.3 Å². The lowest BCUT2D eigenvalue weighted by atomic mass is 10.0. The molecule has 0 aliphatic carbocycles. The molecule has 0 radical (unpaired) electrons. The van der Waals surface area contributed by atoms with Gasteiger partial charge in [-0.1, -0.05) is 18.2 Å². The van der Waals surface area contributed by atoms with E-state index in [9.17, 15) is 0 Å². The summed E-state index contributed by atoms with van der Waals surface area (Å²) in [5.74, 6) is 6.48. The number of pyridine rings is 1. The first-order chi connectivity index (χ1) is 9.33. The van der Waals surface area contributed by atoms with Crippen molar-refractivity contribution < 1.29 is 4.74 Å². The van der Waals surface area contributed by atoms with Crippen LogP contribution in [-0.4, -0.2) is 12.1 Å². The number of methoxy groups -OCH3 is 1. The molecule has 1 aromatic heterocycles. The van der Waals surface area contributed by atoms with Crippen LogP contribution in [0.1, 0.15) is 23.7 Å². The van der Waals surface area contributed by atoms with Gasteiger partial charge in [0.05, 0.1) is 18.8 Å². The molecule has 0 aliphatic heterocycles. The average molecular weight is 257 g/mol. The second-order valence-corrected chi connectivity index (χ2v) is 4.36. The maximum Gasteiger partial charge on any atom is 0.118 e. The van der Waals surface area contributed by atoms with Crippen molar-refractivity contribution in [1.82, 2.24) is 10.4 Å². The molecule has 4 heteroatoms. The third kappa shape index (κ3) is 3.77. The highest BCUT2D eigenvalue weighted by molar-refractivity contribution is 5.27. The minimum absolute atomic E-state index is 0.0725. The molecule has 19 heavy (non-hydrogen) atoms. The fourth-order valence-corrected chi connectivity index (χ4v) is 2.00. The Bertz CT molecular complexity index is 485. The van der Waals surface area contributed by atoms with Crippen molar-refractivity contribution in [3.63, 3.8) is 0 Å². The summed E-state index contributed by atoms with van der Waals surface area (Å²) in [5.41, 5.74) is 5.06. The van der Waals surface area contributed by atoms with Crippen LogP contribution in [0.3, 0.4) is 0 Å². The van der Waals surface area contributed by atoms with Crippen molar-refractivity contribution in [2.75, 3.05) is 7.11 Å². The molecule has 0 spiro atoms. The van der Waals surface area contributed by atoms with Crippen molar-refractivity contribution >= 4 is 0 Å². The van der Waals surface area contributed by atoms with E-state index in [1.807, 2.05) is 30.3 Å². The normalized spacial score (nSPS) is 12.1. The lowest BCUT2D eigenvalue weighted by Gasteiger charge is -2.15. The zero-order valence-electron chi connectivity index (χ0n) is 11.0. The fourth-order valence-electron chi connectivity index (χ4n) is 2.00. The predicted molar refractivity (Wildman–Crippen MR) is 75.6 cm³/mol. The number of ether oxygens (including phenoxy) is 1. The van der Waals surface area contributed by atoms with Crippen molar-refractivity contribution in [3.8, 4) is 5.75 Å². The molecule has 0 saturated carbocycles. The van der Waals surface area contributed by atoms with Crippen LogP contribution in [0.2, 0.25) is 0 Å². The van der Waals surface area contributed by atoms with Crippen molar-refractivity contribution in [1.29, 1.82) is 0 Å². The number of hydrazine groups is 1.